The number of ether oxygens (including phenoxy) is 1. The zero-order chi connectivity index (χ0) is 18.5. The highest BCUT2D eigenvalue weighted by molar-refractivity contribution is 5.76. The zero-order valence-corrected chi connectivity index (χ0v) is 15.7. The number of carbonyl (C=O) groups is 1. The Hall–Kier alpha value is -1.86. The van der Waals surface area contributed by atoms with Gasteiger partial charge in [0.25, 0.3) is 5.91 Å². The summed E-state index contributed by atoms with van der Waals surface area (Å²) in [5.74, 6) is 6.06. The Labute approximate surface area is 151 Å². The number of methoxy groups -OCH3 is 1. The third kappa shape index (κ3) is 7.70. The first-order valence-electron chi connectivity index (χ1n) is 9.09. The van der Waals surface area contributed by atoms with Gasteiger partial charge in [0.2, 0.25) is 0 Å². The summed E-state index contributed by atoms with van der Waals surface area (Å²) in [5.41, 5.74) is 1.77. The molecule has 0 radical (unpaired) electrons. The van der Waals surface area contributed by atoms with Crippen LogP contribution in [0.3, 0.4) is 0 Å². The molecule has 0 spiro atoms. The molecule has 0 unspecified atom stereocenters. The minimum atomic E-state index is -0.957. The van der Waals surface area contributed by atoms with E-state index >= 15 is 0 Å². The highest BCUT2D eigenvalue weighted by Gasteiger charge is 2.24. The van der Waals surface area contributed by atoms with Crippen LogP contribution in [0.5, 0.6) is 0 Å². The lowest BCUT2D eigenvalue weighted by atomic mass is 9.92. The van der Waals surface area contributed by atoms with Gasteiger partial charge < -0.3 is 10.1 Å². The van der Waals surface area contributed by atoms with Gasteiger partial charge in [-0.1, -0.05) is 50.7 Å². The van der Waals surface area contributed by atoms with Gasteiger partial charge >= 0.3 is 0 Å². The van der Waals surface area contributed by atoms with Gasteiger partial charge in [0.15, 0.2) is 6.67 Å². The van der Waals surface area contributed by atoms with Gasteiger partial charge in [0.1, 0.15) is 5.60 Å². The molecule has 0 aliphatic rings. The second-order valence-corrected chi connectivity index (χ2v) is 6.24. The average molecular weight is 347 g/mol. The minimum Gasteiger partial charge on any atom is -0.366 e. The summed E-state index contributed by atoms with van der Waals surface area (Å²) in [4.78, 5) is 10.9. The van der Waals surface area contributed by atoms with Crippen LogP contribution >= 0.6 is 0 Å². The fourth-order valence-electron chi connectivity index (χ4n) is 2.87. The lowest BCUT2D eigenvalue weighted by molar-refractivity contribution is -0.121. The molecule has 0 aromatic heterocycles. The molecular formula is C21H30FNO2. The van der Waals surface area contributed by atoms with Crippen molar-refractivity contribution in [1.29, 1.82) is 0 Å². The molecule has 0 heterocycles. The van der Waals surface area contributed by atoms with Crippen LogP contribution in [-0.2, 0) is 16.0 Å². The molecule has 0 atom stereocenters. The SMILES string of the molecule is CCCC(C#Cc1cccc(CCCNC(=O)CF)c1)(CCC)OC. The van der Waals surface area contributed by atoms with E-state index in [1.807, 2.05) is 18.2 Å². The number of alkyl halides is 1. The molecule has 25 heavy (non-hydrogen) atoms. The summed E-state index contributed by atoms with van der Waals surface area (Å²) in [7, 11) is 1.74. The van der Waals surface area contributed by atoms with E-state index in [9.17, 15) is 9.18 Å². The highest BCUT2D eigenvalue weighted by Crippen LogP contribution is 2.23. The van der Waals surface area contributed by atoms with Crippen LogP contribution in [0.25, 0.3) is 0 Å². The average Bonchev–Trinajstić information content (AvgIpc) is 2.64. The van der Waals surface area contributed by atoms with Crippen LogP contribution in [-0.4, -0.2) is 31.8 Å². The topological polar surface area (TPSA) is 38.3 Å². The number of aryl methyl sites for hydroxylation is 1. The van der Waals surface area contributed by atoms with E-state index < -0.39 is 12.6 Å². The molecule has 0 bridgehead atoms. The minimum absolute atomic E-state index is 0.365. The summed E-state index contributed by atoms with van der Waals surface area (Å²) in [6.07, 6.45) is 5.52. The van der Waals surface area contributed by atoms with E-state index in [0.29, 0.717) is 6.54 Å². The lowest BCUT2D eigenvalue weighted by Gasteiger charge is -2.26. The molecule has 1 rings (SSSR count). The molecule has 1 aromatic rings. The van der Waals surface area contributed by atoms with Crippen LogP contribution in [0.15, 0.2) is 24.3 Å². The van der Waals surface area contributed by atoms with Gasteiger partial charge in [-0.3, -0.25) is 4.79 Å². The van der Waals surface area contributed by atoms with E-state index in [2.05, 4.69) is 37.1 Å². The molecule has 0 aliphatic heterocycles. The van der Waals surface area contributed by atoms with Gasteiger partial charge in [-0.2, -0.15) is 0 Å². The Morgan fingerprint density at radius 1 is 1.28 bits per heavy atom. The maximum Gasteiger partial charge on any atom is 0.251 e. The Morgan fingerprint density at radius 3 is 2.60 bits per heavy atom. The van der Waals surface area contributed by atoms with E-state index in [-0.39, 0.29) is 5.60 Å². The van der Waals surface area contributed by atoms with Crippen molar-refractivity contribution in [2.75, 3.05) is 20.3 Å². The quantitative estimate of drug-likeness (QED) is 0.512. The smallest absolute Gasteiger partial charge is 0.251 e. The van der Waals surface area contributed by atoms with E-state index in [1.54, 1.807) is 7.11 Å². The molecule has 1 N–H and O–H groups in total. The first-order chi connectivity index (χ1) is 12.1. The van der Waals surface area contributed by atoms with Gasteiger partial charge in [-0.25, -0.2) is 4.39 Å². The summed E-state index contributed by atoms with van der Waals surface area (Å²) in [5, 5.41) is 2.54. The number of rotatable bonds is 10. The predicted octanol–water partition coefficient (Wildman–Crippen LogP) is 4.04. The Kier molecular flexibility index (Phi) is 9.87. The standard InChI is InChI=1S/C21H30FNO2/c1-4-12-21(25-3,13-5-2)14-11-19-9-6-8-18(16-19)10-7-15-23-20(24)17-22/h6,8-9,16H,4-5,7,10,12-13,15,17H2,1-3H3,(H,23,24). The van der Waals surface area contributed by atoms with E-state index in [0.717, 1.165) is 49.7 Å². The predicted molar refractivity (Wildman–Crippen MR) is 100 cm³/mol. The summed E-state index contributed by atoms with van der Waals surface area (Å²) >= 11 is 0. The maximum absolute atomic E-state index is 12.1. The van der Waals surface area contributed by atoms with Crippen molar-refractivity contribution in [2.24, 2.45) is 0 Å². The zero-order valence-electron chi connectivity index (χ0n) is 15.7. The fraction of sp³-hybridized carbons (Fsp3) is 0.571. The second-order valence-electron chi connectivity index (χ2n) is 6.24. The Bertz CT molecular complexity index is 583. The highest BCUT2D eigenvalue weighted by atomic mass is 19.1. The Morgan fingerprint density at radius 2 is 2.00 bits per heavy atom. The molecule has 3 nitrogen and oxygen atoms in total. The van der Waals surface area contributed by atoms with E-state index in [1.165, 1.54) is 0 Å². The normalized spacial score (nSPS) is 10.9. The third-order valence-electron chi connectivity index (χ3n) is 4.15. The van der Waals surface area contributed by atoms with Crippen molar-refractivity contribution in [3.8, 4) is 11.8 Å². The maximum atomic E-state index is 12.1. The number of benzene rings is 1. The van der Waals surface area contributed by atoms with Gasteiger partial charge in [-0.05, 0) is 43.4 Å². The van der Waals surface area contributed by atoms with Crippen molar-refractivity contribution in [3.05, 3.63) is 35.4 Å². The largest absolute Gasteiger partial charge is 0.366 e. The van der Waals surface area contributed by atoms with Gasteiger partial charge in [0, 0.05) is 19.2 Å². The molecule has 4 heteroatoms. The Balaban J connectivity index is 2.72. The summed E-state index contributed by atoms with van der Waals surface area (Å²) in [6, 6.07) is 8.11. The molecule has 138 valence electrons. The lowest BCUT2D eigenvalue weighted by Crippen LogP contribution is -2.29. The molecule has 1 amide bonds. The fourth-order valence-corrected chi connectivity index (χ4v) is 2.87. The number of amides is 1. The number of hydrogen-bond donors (Lipinski definition) is 1. The van der Waals surface area contributed by atoms with Crippen molar-refractivity contribution in [3.63, 3.8) is 0 Å². The van der Waals surface area contributed by atoms with Crippen molar-refractivity contribution in [2.45, 2.75) is 58.0 Å². The molecule has 0 fully saturated rings. The van der Waals surface area contributed by atoms with Gasteiger partial charge in [0.05, 0.1) is 0 Å². The number of hydrogen-bond acceptors (Lipinski definition) is 2. The summed E-state index contributed by atoms with van der Waals surface area (Å²) in [6.45, 7) is 3.82. The van der Waals surface area contributed by atoms with Crippen molar-refractivity contribution in [1.82, 2.24) is 5.32 Å². The number of carbonyl (C=O) groups excluding carboxylic acids is 1. The summed E-state index contributed by atoms with van der Waals surface area (Å²) < 4.78 is 17.8. The number of nitrogens with one attached hydrogen (secondary N) is 1. The second kappa shape index (κ2) is 11.7. The van der Waals surface area contributed by atoms with Crippen LogP contribution < -0.4 is 5.32 Å². The van der Waals surface area contributed by atoms with Crippen LogP contribution in [0.1, 0.15) is 57.1 Å². The van der Waals surface area contributed by atoms with Crippen LogP contribution in [0, 0.1) is 11.8 Å². The molecule has 0 saturated carbocycles. The number of halogens is 1. The van der Waals surface area contributed by atoms with E-state index in [4.69, 9.17) is 4.74 Å². The molecule has 0 aliphatic carbocycles. The van der Waals surface area contributed by atoms with Gasteiger partial charge in [-0.15, -0.1) is 0 Å². The first-order valence-corrected chi connectivity index (χ1v) is 9.09. The molecular weight excluding hydrogens is 317 g/mol. The monoisotopic (exact) mass is 347 g/mol. The van der Waals surface area contributed by atoms with Crippen LogP contribution in [0.2, 0.25) is 0 Å². The molecule has 0 saturated heterocycles. The molecule has 1 aromatic carbocycles. The van der Waals surface area contributed by atoms with Crippen molar-refractivity contribution >= 4 is 5.91 Å². The first kappa shape index (κ1) is 21.2. The van der Waals surface area contributed by atoms with Crippen LogP contribution in [0.4, 0.5) is 4.39 Å². The third-order valence-corrected chi connectivity index (χ3v) is 4.15. The van der Waals surface area contributed by atoms with Crippen molar-refractivity contribution < 1.29 is 13.9 Å².